The molecular formula is C27H34F2N4O6. The minimum absolute atomic E-state index is 0.0405. The molecule has 0 fully saturated rings. The van der Waals surface area contributed by atoms with Gasteiger partial charge in [-0.05, 0) is 64.1 Å². The Morgan fingerprint density at radius 3 is 1.36 bits per heavy atom. The van der Waals surface area contributed by atoms with Crippen LogP contribution in [0.3, 0.4) is 0 Å². The van der Waals surface area contributed by atoms with Crippen molar-refractivity contribution in [3.63, 3.8) is 0 Å². The Labute approximate surface area is 225 Å². The zero-order chi connectivity index (χ0) is 29.4. The number of ether oxygens (including phenoxy) is 2. The smallest absolute Gasteiger partial charge is 0.331 e. The molecule has 10 nitrogen and oxygen atoms in total. The average molecular weight is 549 g/mol. The highest BCUT2D eigenvalue weighted by Crippen LogP contribution is 2.21. The molecule has 0 aliphatic rings. The van der Waals surface area contributed by atoms with Crippen molar-refractivity contribution < 1.29 is 37.4 Å². The third-order valence-electron chi connectivity index (χ3n) is 5.57. The van der Waals surface area contributed by atoms with Crippen molar-refractivity contribution >= 4 is 35.1 Å². The second kappa shape index (κ2) is 13.0. The fourth-order valence-electron chi connectivity index (χ4n) is 3.40. The summed E-state index contributed by atoms with van der Waals surface area (Å²) >= 11 is 0. The van der Waals surface area contributed by atoms with Crippen LogP contribution in [-0.4, -0.2) is 62.1 Å². The molecule has 212 valence electrons. The Morgan fingerprint density at radius 1 is 0.692 bits per heavy atom. The van der Waals surface area contributed by atoms with Gasteiger partial charge in [-0.15, -0.1) is 0 Å². The molecule has 2 amide bonds. The van der Waals surface area contributed by atoms with Gasteiger partial charge in [0.15, 0.2) is 0 Å². The highest BCUT2D eigenvalue weighted by Gasteiger charge is 2.31. The number of hydrogen-bond donors (Lipinski definition) is 4. The molecule has 0 unspecified atom stereocenters. The monoisotopic (exact) mass is 548 g/mol. The number of nitrogens with one attached hydrogen (secondary N) is 4. The van der Waals surface area contributed by atoms with Crippen molar-refractivity contribution in [2.75, 3.05) is 37.9 Å². The Balaban J connectivity index is 1.82. The molecule has 39 heavy (non-hydrogen) atoms. The first-order chi connectivity index (χ1) is 18.2. The van der Waals surface area contributed by atoms with Crippen molar-refractivity contribution in [3.8, 4) is 0 Å². The maximum atomic E-state index is 14.2. The minimum atomic E-state index is -1.22. The van der Waals surface area contributed by atoms with E-state index in [4.69, 9.17) is 9.47 Å². The number of esters is 2. The van der Waals surface area contributed by atoms with Gasteiger partial charge in [-0.2, -0.15) is 0 Å². The van der Waals surface area contributed by atoms with Gasteiger partial charge in [0.1, 0.15) is 22.7 Å². The van der Waals surface area contributed by atoms with Gasteiger partial charge in [-0.1, -0.05) is 0 Å². The molecule has 4 N–H and O–H groups in total. The predicted octanol–water partition coefficient (Wildman–Crippen LogP) is 3.24. The van der Waals surface area contributed by atoms with E-state index in [-0.39, 0.29) is 42.1 Å². The van der Waals surface area contributed by atoms with Crippen molar-refractivity contribution in [3.05, 3.63) is 59.2 Å². The van der Waals surface area contributed by atoms with Gasteiger partial charge in [0.2, 0.25) is 0 Å². The number of benzene rings is 2. The van der Waals surface area contributed by atoms with Gasteiger partial charge < -0.3 is 30.7 Å². The van der Waals surface area contributed by atoms with E-state index in [1.165, 1.54) is 38.4 Å². The first-order valence-electron chi connectivity index (χ1n) is 12.2. The largest absolute Gasteiger partial charge is 0.464 e. The number of carbonyl (C=O) groups excluding carboxylic acids is 4. The van der Waals surface area contributed by atoms with Crippen molar-refractivity contribution in [1.82, 2.24) is 10.6 Å². The van der Waals surface area contributed by atoms with Crippen LogP contribution in [0.25, 0.3) is 0 Å². The molecule has 0 heterocycles. The van der Waals surface area contributed by atoms with Gasteiger partial charge in [0, 0.05) is 31.9 Å². The summed E-state index contributed by atoms with van der Waals surface area (Å²) in [6, 6.07) is 7.78. The van der Waals surface area contributed by atoms with E-state index in [9.17, 15) is 28.0 Å². The first kappa shape index (κ1) is 31.0. The number of carbonyl (C=O) groups is 4. The van der Waals surface area contributed by atoms with Crippen LogP contribution in [0.2, 0.25) is 0 Å². The fourth-order valence-corrected chi connectivity index (χ4v) is 3.40. The quantitative estimate of drug-likeness (QED) is 0.235. The summed E-state index contributed by atoms with van der Waals surface area (Å²) in [5, 5.41) is 10.4. The van der Waals surface area contributed by atoms with E-state index in [0.717, 1.165) is 12.1 Å². The lowest BCUT2D eigenvalue weighted by Gasteiger charge is -2.26. The maximum absolute atomic E-state index is 14.2. The summed E-state index contributed by atoms with van der Waals surface area (Å²) in [5.41, 5.74) is -2.11. The van der Waals surface area contributed by atoms with Crippen LogP contribution in [0.5, 0.6) is 0 Å². The van der Waals surface area contributed by atoms with Crippen LogP contribution in [0.15, 0.2) is 36.4 Å². The van der Waals surface area contributed by atoms with Gasteiger partial charge in [-0.25, -0.2) is 18.4 Å². The molecule has 0 saturated carbocycles. The standard InChI is InChI=1S/C27H34F2N4O6/c1-26(2,32-16-8-10-18(20(28)14-16)22(34)30-5)24(36)38-12-7-13-39-25(37)27(3,4)33-17-9-11-19(21(29)15-17)23(35)31-6/h8-11,14-15,32-33H,7,12-13H2,1-6H3,(H,30,34)(H,31,35). The summed E-state index contributed by atoms with van der Waals surface area (Å²) in [4.78, 5) is 48.3. The van der Waals surface area contributed by atoms with Crippen LogP contribution >= 0.6 is 0 Å². The first-order valence-corrected chi connectivity index (χ1v) is 12.2. The molecule has 2 aromatic rings. The molecule has 12 heteroatoms. The lowest BCUT2D eigenvalue weighted by molar-refractivity contribution is -0.150. The van der Waals surface area contributed by atoms with E-state index in [1.54, 1.807) is 27.7 Å². The van der Waals surface area contributed by atoms with E-state index in [1.807, 2.05) is 0 Å². The number of halogens is 2. The van der Waals surface area contributed by atoms with Gasteiger partial charge in [0.25, 0.3) is 11.8 Å². The van der Waals surface area contributed by atoms with Crippen LogP contribution in [-0.2, 0) is 19.1 Å². The summed E-state index contributed by atoms with van der Waals surface area (Å²) in [7, 11) is 2.79. The highest BCUT2D eigenvalue weighted by atomic mass is 19.1. The predicted molar refractivity (Wildman–Crippen MR) is 142 cm³/mol. The van der Waals surface area contributed by atoms with Crippen LogP contribution < -0.4 is 21.3 Å². The van der Waals surface area contributed by atoms with E-state index < -0.39 is 46.5 Å². The lowest BCUT2D eigenvalue weighted by Crippen LogP contribution is -2.42. The normalized spacial score (nSPS) is 11.3. The van der Waals surface area contributed by atoms with Gasteiger partial charge >= 0.3 is 11.9 Å². The topological polar surface area (TPSA) is 135 Å². The minimum Gasteiger partial charge on any atom is -0.464 e. The fraction of sp³-hybridized carbons (Fsp3) is 0.407. The second-order valence-corrected chi connectivity index (χ2v) is 9.67. The van der Waals surface area contributed by atoms with E-state index in [0.29, 0.717) is 0 Å². The zero-order valence-corrected chi connectivity index (χ0v) is 22.8. The highest BCUT2D eigenvalue weighted by molar-refractivity contribution is 5.95. The molecule has 0 aromatic heterocycles. The number of amides is 2. The average Bonchev–Trinajstić information content (AvgIpc) is 2.87. The number of rotatable bonds is 12. The molecule has 0 aliphatic carbocycles. The molecule has 0 radical (unpaired) electrons. The number of hydrogen-bond acceptors (Lipinski definition) is 8. The Kier molecular flexibility index (Phi) is 10.4. The second-order valence-electron chi connectivity index (χ2n) is 9.67. The van der Waals surface area contributed by atoms with E-state index in [2.05, 4.69) is 21.3 Å². The molecule has 0 spiro atoms. The van der Waals surface area contributed by atoms with Gasteiger partial charge in [-0.3, -0.25) is 9.59 Å². The summed E-state index contributed by atoms with van der Waals surface area (Å²) < 4.78 is 38.9. The SMILES string of the molecule is CNC(=O)c1ccc(NC(C)(C)C(=O)OCCCOC(=O)C(C)(C)Nc2ccc(C(=O)NC)c(F)c2)cc1F. The van der Waals surface area contributed by atoms with E-state index >= 15 is 0 Å². The lowest BCUT2D eigenvalue weighted by atomic mass is 10.0. The zero-order valence-electron chi connectivity index (χ0n) is 22.8. The molecular weight excluding hydrogens is 514 g/mol. The molecule has 0 atom stereocenters. The van der Waals surface area contributed by atoms with Gasteiger partial charge in [0.05, 0.1) is 24.3 Å². The van der Waals surface area contributed by atoms with Crippen molar-refractivity contribution in [2.45, 2.75) is 45.2 Å². The summed E-state index contributed by atoms with van der Waals surface area (Å²) in [6.45, 7) is 6.13. The Hall–Kier alpha value is -4.22. The molecule has 0 saturated heterocycles. The summed E-state index contributed by atoms with van der Waals surface area (Å²) in [6.07, 6.45) is 0.217. The number of anilines is 2. The third kappa shape index (κ3) is 8.39. The molecule has 2 rings (SSSR count). The molecule has 2 aromatic carbocycles. The Bertz CT molecular complexity index is 1140. The van der Waals surface area contributed by atoms with Crippen molar-refractivity contribution in [2.24, 2.45) is 0 Å². The van der Waals surface area contributed by atoms with Crippen LogP contribution in [0, 0.1) is 11.6 Å². The van der Waals surface area contributed by atoms with Crippen molar-refractivity contribution in [1.29, 1.82) is 0 Å². The van der Waals surface area contributed by atoms with Crippen LogP contribution in [0.4, 0.5) is 20.2 Å². The van der Waals surface area contributed by atoms with Crippen LogP contribution in [0.1, 0.15) is 54.8 Å². The maximum Gasteiger partial charge on any atom is 0.331 e. The Morgan fingerprint density at radius 2 is 1.05 bits per heavy atom. The molecule has 0 bridgehead atoms. The summed E-state index contributed by atoms with van der Waals surface area (Å²) in [5.74, 6) is -3.85. The molecule has 0 aliphatic heterocycles. The third-order valence-corrected chi connectivity index (χ3v) is 5.57.